The highest BCUT2D eigenvalue weighted by molar-refractivity contribution is 5.67. The standard InChI is InChI=1S/C9H17NO3/c1-9(2)5-7(9)6-10-8(12)13-4-3-11/h7,11H,3-6H2,1-2H3,(H,10,12). The van der Waals surface area contributed by atoms with Gasteiger partial charge in [-0.15, -0.1) is 0 Å². The lowest BCUT2D eigenvalue weighted by molar-refractivity contribution is 0.118. The maximum absolute atomic E-state index is 10.9. The molecule has 1 unspecified atom stereocenters. The van der Waals surface area contributed by atoms with Gasteiger partial charge in [0, 0.05) is 6.54 Å². The van der Waals surface area contributed by atoms with Crippen LogP contribution in [-0.2, 0) is 4.74 Å². The summed E-state index contributed by atoms with van der Waals surface area (Å²) in [4.78, 5) is 10.9. The third kappa shape index (κ3) is 3.22. The first-order valence-corrected chi connectivity index (χ1v) is 4.58. The second-order valence-corrected chi connectivity index (χ2v) is 4.13. The zero-order valence-electron chi connectivity index (χ0n) is 8.17. The highest BCUT2D eigenvalue weighted by Crippen LogP contribution is 2.50. The molecule has 0 radical (unpaired) electrons. The van der Waals surface area contributed by atoms with Gasteiger partial charge in [-0.1, -0.05) is 13.8 Å². The Labute approximate surface area is 78.3 Å². The maximum atomic E-state index is 10.9. The molecule has 0 aromatic rings. The van der Waals surface area contributed by atoms with Gasteiger partial charge in [0.2, 0.25) is 0 Å². The Balaban J connectivity index is 2.03. The van der Waals surface area contributed by atoms with E-state index < -0.39 is 6.09 Å². The molecule has 0 heterocycles. The minimum atomic E-state index is -0.434. The Morgan fingerprint density at radius 2 is 2.31 bits per heavy atom. The van der Waals surface area contributed by atoms with Crippen LogP contribution in [0.4, 0.5) is 4.79 Å². The van der Waals surface area contributed by atoms with E-state index >= 15 is 0 Å². The van der Waals surface area contributed by atoms with E-state index in [0.29, 0.717) is 17.9 Å². The summed E-state index contributed by atoms with van der Waals surface area (Å²) in [5, 5.41) is 11.0. The van der Waals surface area contributed by atoms with E-state index in [1.54, 1.807) is 0 Å². The third-order valence-electron chi connectivity index (χ3n) is 2.53. The Hall–Kier alpha value is -0.770. The first-order chi connectivity index (χ1) is 6.06. The summed E-state index contributed by atoms with van der Waals surface area (Å²) in [6.45, 7) is 4.98. The number of nitrogens with one attached hydrogen (secondary N) is 1. The van der Waals surface area contributed by atoms with Gasteiger partial charge in [-0.3, -0.25) is 0 Å². The summed E-state index contributed by atoms with van der Waals surface area (Å²) >= 11 is 0. The van der Waals surface area contributed by atoms with Gasteiger partial charge < -0.3 is 15.2 Å². The van der Waals surface area contributed by atoms with Crippen LogP contribution in [0.1, 0.15) is 20.3 Å². The van der Waals surface area contributed by atoms with Crippen LogP contribution < -0.4 is 5.32 Å². The van der Waals surface area contributed by atoms with E-state index in [1.807, 2.05) is 0 Å². The van der Waals surface area contributed by atoms with Crippen molar-refractivity contribution in [1.29, 1.82) is 0 Å². The van der Waals surface area contributed by atoms with Gasteiger partial charge in [-0.05, 0) is 17.8 Å². The van der Waals surface area contributed by atoms with Gasteiger partial charge >= 0.3 is 6.09 Å². The molecule has 4 heteroatoms. The minimum Gasteiger partial charge on any atom is -0.447 e. The number of aliphatic hydroxyl groups is 1. The molecule has 0 saturated heterocycles. The first-order valence-electron chi connectivity index (χ1n) is 4.58. The van der Waals surface area contributed by atoms with Crippen molar-refractivity contribution < 1.29 is 14.6 Å². The van der Waals surface area contributed by atoms with Gasteiger partial charge in [0.05, 0.1) is 6.61 Å². The molecular formula is C9H17NO3. The highest BCUT2D eigenvalue weighted by atomic mass is 16.6. The lowest BCUT2D eigenvalue weighted by atomic mass is 10.1. The van der Waals surface area contributed by atoms with Crippen LogP contribution in [-0.4, -0.2) is 31.0 Å². The molecule has 0 spiro atoms. The number of carbonyl (C=O) groups excluding carboxylic acids is 1. The van der Waals surface area contributed by atoms with Gasteiger partial charge in [-0.25, -0.2) is 4.79 Å². The summed E-state index contributed by atoms with van der Waals surface area (Å²) in [6, 6.07) is 0. The van der Waals surface area contributed by atoms with Crippen molar-refractivity contribution in [3.05, 3.63) is 0 Å². The fourth-order valence-electron chi connectivity index (χ4n) is 1.32. The maximum Gasteiger partial charge on any atom is 0.407 e. The number of hydrogen-bond acceptors (Lipinski definition) is 3. The average molecular weight is 187 g/mol. The van der Waals surface area contributed by atoms with E-state index in [-0.39, 0.29) is 13.2 Å². The predicted octanol–water partition coefficient (Wildman–Crippen LogP) is 0.751. The van der Waals surface area contributed by atoms with Crippen molar-refractivity contribution in [2.45, 2.75) is 20.3 Å². The van der Waals surface area contributed by atoms with Crippen molar-refractivity contribution in [1.82, 2.24) is 5.32 Å². The summed E-state index contributed by atoms with van der Waals surface area (Å²) < 4.78 is 4.64. The van der Waals surface area contributed by atoms with E-state index in [9.17, 15) is 4.79 Å². The van der Waals surface area contributed by atoms with Crippen molar-refractivity contribution in [3.8, 4) is 0 Å². The molecule has 4 nitrogen and oxygen atoms in total. The zero-order valence-corrected chi connectivity index (χ0v) is 8.17. The molecule has 0 bridgehead atoms. The number of alkyl carbamates (subject to hydrolysis) is 1. The molecule has 0 aliphatic heterocycles. The molecule has 1 atom stereocenters. The van der Waals surface area contributed by atoms with Crippen LogP contribution in [0, 0.1) is 11.3 Å². The SMILES string of the molecule is CC1(C)CC1CNC(=O)OCCO. The number of carbonyl (C=O) groups is 1. The summed E-state index contributed by atoms with van der Waals surface area (Å²) in [5.74, 6) is 0.578. The topological polar surface area (TPSA) is 58.6 Å². The lowest BCUT2D eigenvalue weighted by Crippen LogP contribution is -2.28. The van der Waals surface area contributed by atoms with Gasteiger partial charge in [0.1, 0.15) is 6.61 Å². The Bertz CT molecular complexity index is 191. The molecule has 1 fully saturated rings. The molecule has 0 aromatic heterocycles. The fraction of sp³-hybridized carbons (Fsp3) is 0.889. The van der Waals surface area contributed by atoms with Gasteiger partial charge in [0.25, 0.3) is 0 Å². The fourth-order valence-corrected chi connectivity index (χ4v) is 1.32. The van der Waals surface area contributed by atoms with Crippen LogP contribution in [0.2, 0.25) is 0 Å². The summed E-state index contributed by atoms with van der Waals surface area (Å²) in [5.41, 5.74) is 0.379. The average Bonchev–Trinajstić information content (AvgIpc) is 2.67. The van der Waals surface area contributed by atoms with Crippen molar-refractivity contribution >= 4 is 6.09 Å². The van der Waals surface area contributed by atoms with E-state index in [1.165, 1.54) is 0 Å². The Kier molecular flexibility index (Phi) is 3.14. The number of amides is 1. The van der Waals surface area contributed by atoms with Crippen molar-refractivity contribution in [2.75, 3.05) is 19.8 Å². The molecule has 1 saturated carbocycles. The van der Waals surface area contributed by atoms with Gasteiger partial charge in [-0.2, -0.15) is 0 Å². The number of ether oxygens (including phenoxy) is 1. The molecular weight excluding hydrogens is 170 g/mol. The van der Waals surface area contributed by atoms with Crippen LogP contribution in [0.3, 0.4) is 0 Å². The highest BCUT2D eigenvalue weighted by Gasteiger charge is 2.45. The molecule has 1 aliphatic rings. The zero-order chi connectivity index (χ0) is 9.90. The third-order valence-corrected chi connectivity index (χ3v) is 2.53. The van der Waals surface area contributed by atoms with Crippen LogP contribution in [0.15, 0.2) is 0 Å². The predicted molar refractivity (Wildman–Crippen MR) is 48.3 cm³/mol. The number of aliphatic hydroxyl groups excluding tert-OH is 1. The largest absolute Gasteiger partial charge is 0.447 e. The second-order valence-electron chi connectivity index (χ2n) is 4.13. The minimum absolute atomic E-state index is 0.0693. The number of hydrogen-bond donors (Lipinski definition) is 2. The van der Waals surface area contributed by atoms with Crippen molar-refractivity contribution in [2.24, 2.45) is 11.3 Å². The molecule has 76 valence electrons. The van der Waals surface area contributed by atoms with Crippen LogP contribution in [0.5, 0.6) is 0 Å². The quantitative estimate of drug-likeness (QED) is 0.682. The van der Waals surface area contributed by atoms with E-state index in [2.05, 4.69) is 23.9 Å². The molecule has 0 aromatic carbocycles. The molecule has 13 heavy (non-hydrogen) atoms. The molecule has 2 N–H and O–H groups in total. The number of rotatable bonds is 4. The first kappa shape index (κ1) is 10.3. The smallest absolute Gasteiger partial charge is 0.407 e. The van der Waals surface area contributed by atoms with Crippen molar-refractivity contribution in [3.63, 3.8) is 0 Å². The molecule has 1 aliphatic carbocycles. The van der Waals surface area contributed by atoms with Crippen LogP contribution in [0.25, 0.3) is 0 Å². The normalized spacial score (nSPS) is 23.8. The second kappa shape index (κ2) is 3.96. The monoisotopic (exact) mass is 187 g/mol. The van der Waals surface area contributed by atoms with Gasteiger partial charge in [0.15, 0.2) is 0 Å². The molecule has 1 rings (SSSR count). The lowest BCUT2D eigenvalue weighted by Gasteiger charge is -2.06. The summed E-state index contributed by atoms with van der Waals surface area (Å²) in [6.07, 6.45) is 0.726. The Morgan fingerprint density at radius 1 is 1.69 bits per heavy atom. The van der Waals surface area contributed by atoms with Crippen LogP contribution >= 0.6 is 0 Å². The van der Waals surface area contributed by atoms with E-state index in [4.69, 9.17) is 5.11 Å². The molecule has 1 amide bonds. The Morgan fingerprint density at radius 3 is 2.77 bits per heavy atom. The summed E-state index contributed by atoms with van der Waals surface area (Å²) in [7, 11) is 0. The van der Waals surface area contributed by atoms with E-state index in [0.717, 1.165) is 6.42 Å².